The average Bonchev–Trinajstić information content (AvgIpc) is 3.07. The van der Waals surface area contributed by atoms with Crippen LogP contribution in [0.1, 0.15) is 28.9 Å². The summed E-state index contributed by atoms with van der Waals surface area (Å²) in [6.07, 6.45) is 3.58. The quantitative estimate of drug-likeness (QED) is 0.809. The molecule has 5 nitrogen and oxygen atoms in total. The third-order valence-corrected chi connectivity index (χ3v) is 3.93. The van der Waals surface area contributed by atoms with Crippen molar-refractivity contribution < 1.29 is 9.53 Å². The highest BCUT2D eigenvalue weighted by molar-refractivity contribution is 5.89. The maximum atomic E-state index is 11.7. The van der Waals surface area contributed by atoms with Gasteiger partial charge in [0.05, 0.1) is 35.4 Å². The lowest BCUT2D eigenvalue weighted by Gasteiger charge is -2.18. The van der Waals surface area contributed by atoms with E-state index in [4.69, 9.17) is 4.74 Å². The van der Waals surface area contributed by atoms with Crippen LogP contribution >= 0.6 is 0 Å². The Bertz CT molecular complexity index is 792. The number of nitrogens with zero attached hydrogens (tertiary/aromatic N) is 3. The Balaban J connectivity index is 1.80. The topological polar surface area (TPSA) is 66.2 Å². The molecule has 0 N–H and O–H groups in total. The molecule has 0 aliphatic carbocycles. The number of benzene rings is 1. The number of hydrogen-bond acceptors (Lipinski definition) is 5. The summed E-state index contributed by atoms with van der Waals surface area (Å²) < 4.78 is 4.99. The predicted octanol–water partition coefficient (Wildman–Crippen LogP) is 3.27. The highest BCUT2D eigenvalue weighted by Crippen LogP contribution is 2.32. The van der Waals surface area contributed by atoms with Crippen molar-refractivity contribution in [3.8, 4) is 6.07 Å². The molecule has 0 radical (unpaired) electrons. The Labute approximate surface area is 140 Å². The first-order valence-electron chi connectivity index (χ1n) is 7.79. The Morgan fingerprint density at radius 1 is 1.33 bits per heavy atom. The summed E-state index contributed by atoms with van der Waals surface area (Å²) in [6, 6.07) is 15.2. The van der Waals surface area contributed by atoms with Crippen LogP contribution in [0.3, 0.4) is 0 Å². The highest BCUT2D eigenvalue weighted by atomic mass is 16.5. The van der Waals surface area contributed by atoms with Crippen molar-refractivity contribution in [2.24, 2.45) is 0 Å². The molecule has 1 atom stereocenters. The molecule has 1 aromatic carbocycles. The molecule has 0 saturated heterocycles. The molecule has 5 heteroatoms. The minimum atomic E-state index is -0.329. The van der Waals surface area contributed by atoms with Crippen LogP contribution in [-0.4, -0.2) is 24.1 Å². The lowest BCUT2D eigenvalue weighted by Crippen LogP contribution is -2.17. The second-order valence-corrected chi connectivity index (χ2v) is 5.42. The van der Waals surface area contributed by atoms with Gasteiger partial charge in [0.25, 0.3) is 0 Å². The van der Waals surface area contributed by atoms with Crippen LogP contribution < -0.4 is 4.90 Å². The molecule has 1 aliphatic rings. The molecule has 2 heterocycles. The standard InChI is InChI=1S/C19H17N3O2/c1-2-24-19(23)14-6-8-16(9-7-14)22-12-15(11-20)17(13-22)18-5-3-4-10-21-18/h3-10,12,17H,2,13H2,1H3. The first-order valence-corrected chi connectivity index (χ1v) is 7.79. The van der Waals surface area contributed by atoms with Gasteiger partial charge >= 0.3 is 5.97 Å². The maximum absolute atomic E-state index is 11.7. The van der Waals surface area contributed by atoms with Gasteiger partial charge in [-0.05, 0) is 43.3 Å². The molecule has 1 aromatic heterocycles. The molecular formula is C19H17N3O2. The van der Waals surface area contributed by atoms with E-state index in [0.29, 0.717) is 24.3 Å². The normalized spacial score (nSPS) is 16.4. The SMILES string of the molecule is CCOC(=O)c1ccc(N2C=C(C#N)C(c3ccccn3)C2)cc1. The van der Waals surface area contributed by atoms with Gasteiger partial charge in [-0.25, -0.2) is 4.79 Å². The largest absolute Gasteiger partial charge is 0.462 e. The van der Waals surface area contributed by atoms with Gasteiger partial charge in [0.1, 0.15) is 0 Å². The third kappa shape index (κ3) is 3.13. The predicted molar refractivity (Wildman–Crippen MR) is 90.4 cm³/mol. The summed E-state index contributed by atoms with van der Waals surface area (Å²) in [5.41, 5.74) is 3.01. The van der Waals surface area contributed by atoms with Crippen molar-refractivity contribution in [1.82, 2.24) is 4.98 Å². The molecule has 1 aliphatic heterocycles. The van der Waals surface area contributed by atoms with Gasteiger partial charge in [0.15, 0.2) is 0 Å². The van der Waals surface area contributed by atoms with Crippen molar-refractivity contribution in [3.05, 3.63) is 71.7 Å². The minimum absolute atomic E-state index is 0.0408. The number of rotatable bonds is 4. The van der Waals surface area contributed by atoms with E-state index in [-0.39, 0.29) is 11.9 Å². The Morgan fingerprint density at radius 3 is 2.75 bits per heavy atom. The molecule has 120 valence electrons. The first-order chi connectivity index (χ1) is 11.7. The summed E-state index contributed by atoms with van der Waals surface area (Å²) in [4.78, 5) is 18.1. The molecular weight excluding hydrogens is 302 g/mol. The number of nitriles is 1. The lowest BCUT2D eigenvalue weighted by molar-refractivity contribution is 0.0526. The van der Waals surface area contributed by atoms with E-state index in [1.165, 1.54) is 0 Å². The van der Waals surface area contributed by atoms with Crippen LogP contribution in [0.2, 0.25) is 0 Å². The first kappa shape index (κ1) is 15.8. The highest BCUT2D eigenvalue weighted by Gasteiger charge is 2.27. The van der Waals surface area contributed by atoms with Gasteiger partial charge in [-0.3, -0.25) is 4.98 Å². The molecule has 0 saturated carbocycles. The van der Waals surface area contributed by atoms with Crippen molar-refractivity contribution in [2.75, 3.05) is 18.1 Å². The van der Waals surface area contributed by atoms with E-state index in [9.17, 15) is 10.1 Å². The number of aromatic nitrogens is 1. The van der Waals surface area contributed by atoms with Gasteiger partial charge in [0, 0.05) is 24.6 Å². The van der Waals surface area contributed by atoms with Crippen LogP contribution in [0.4, 0.5) is 5.69 Å². The van der Waals surface area contributed by atoms with Crippen molar-refractivity contribution in [2.45, 2.75) is 12.8 Å². The third-order valence-electron chi connectivity index (χ3n) is 3.93. The summed E-state index contributed by atoms with van der Waals surface area (Å²) in [6.45, 7) is 2.79. The van der Waals surface area contributed by atoms with E-state index in [1.54, 1.807) is 25.3 Å². The van der Waals surface area contributed by atoms with E-state index < -0.39 is 0 Å². The maximum Gasteiger partial charge on any atom is 0.338 e. The zero-order chi connectivity index (χ0) is 16.9. The van der Waals surface area contributed by atoms with Crippen LogP contribution in [0.25, 0.3) is 0 Å². The summed E-state index contributed by atoms with van der Waals surface area (Å²) in [5.74, 6) is -0.369. The van der Waals surface area contributed by atoms with E-state index in [2.05, 4.69) is 11.1 Å². The van der Waals surface area contributed by atoms with Gasteiger partial charge in [-0.2, -0.15) is 5.26 Å². The summed E-state index contributed by atoms with van der Waals surface area (Å²) in [5, 5.41) is 9.40. The zero-order valence-electron chi connectivity index (χ0n) is 13.3. The Hall–Kier alpha value is -3.13. The van der Waals surface area contributed by atoms with Crippen LogP contribution in [0, 0.1) is 11.3 Å². The lowest BCUT2D eigenvalue weighted by atomic mass is 9.99. The molecule has 0 fully saturated rings. The van der Waals surface area contributed by atoms with Gasteiger partial charge in [-0.1, -0.05) is 6.07 Å². The number of hydrogen-bond donors (Lipinski definition) is 0. The number of anilines is 1. The average molecular weight is 319 g/mol. The van der Waals surface area contributed by atoms with Crippen LogP contribution in [0.5, 0.6) is 0 Å². The number of carbonyl (C=O) groups excluding carboxylic acids is 1. The molecule has 1 unspecified atom stereocenters. The van der Waals surface area contributed by atoms with Crippen molar-refractivity contribution in [3.63, 3.8) is 0 Å². The van der Waals surface area contributed by atoms with Gasteiger partial charge < -0.3 is 9.64 Å². The van der Waals surface area contributed by atoms with Gasteiger partial charge in [-0.15, -0.1) is 0 Å². The molecule has 0 spiro atoms. The smallest absolute Gasteiger partial charge is 0.338 e. The molecule has 0 bridgehead atoms. The van der Waals surface area contributed by atoms with Crippen molar-refractivity contribution >= 4 is 11.7 Å². The minimum Gasteiger partial charge on any atom is -0.462 e. The number of carbonyl (C=O) groups is 1. The Morgan fingerprint density at radius 2 is 2.12 bits per heavy atom. The van der Waals surface area contributed by atoms with E-state index in [1.807, 2.05) is 41.4 Å². The summed E-state index contributed by atoms with van der Waals surface area (Å²) in [7, 11) is 0. The zero-order valence-corrected chi connectivity index (χ0v) is 13.3. The number of ether oxygens (including phenoxy) is 1. The fourth-order valence-electron chi connectivity index (χ4n) is 2.73. The second kappa shape index (κ2) is 6.97. The molecule has 24 heavy (non-hydrogen) atoms. The van der Waals surface area contributed by atoms with Crippen LogP contribution in [-0.2, 0) is 4.74 Å². The van der Waals surface area contributed by atoms with E-state index in [0.717, 1.165) is 11.4 Å². The Kier molecular flexibility index (Phi) is 4.57. The monoisotopic (exact) mass is 319 g/mol. The van der Waals surface area contributed by atoms with E-state index >= 15 is 0 Å². The van der Waals surface area contributed by atoms with Gasteiger partial charge in [0.2, 0.25) is 0 Å². The van der Waals surface area contributed by atoms with Crippen LogP contribution in [0.15, 0.2) is 60.4 Å². The number of pyridine rings is 1. The second-order valence-electron chi connectivity index (χ2n) is 5.42. The molecule has 3 rings (SSSR count). The molecule has 2 aromatic rings. The number of esters is 1. The van der Waals surface area contributed by atoms with Crippen molar-refractivity contribution in [1.29, 1.82) is 5.26 Å². The fraction of sp³-hybridized carbons (Fsp3) is 0.211. The molecule has 0 amide bonds. The summed E-state index contributed by atoms with van der Waals surface area (Å²) >= 11 is 0. The fourth-order valence-corrected chi connectivity index (χ4v) is 2.73.